The van der Waals surface area contributed by atoms with Crippen molar-refractivity contribution in [2.45, 2.75) is 58.0 Å². The van der Waals surface area contributed by atoms with Gasteiger partial charge in [-0.15, -0.1) is 0 Å². The number of pyridine rings is 1. The van der Waals surface area contributed by atoms with Crippen molar-refractivity contribution in [3.05, 3.63) is 57.6 Å². The topological polar surface area (TPSA) is 119 Å². The molecule has 0 bridgehead atoms. The number of methoxy groups -OCH3 is 1. The molecule has 2 aromatic heterocycles. The molecule has 3 rings (SSSR count). The molecule has 204 valence electrons. The van der Waals surface area contributed by atoms with E-state index in [0.717, 1.165) is 20.0 Å². The lowest BCUT2D eigenvalue weighted by atomic mass is 10.0. The van der Waals surface area contributed by atoms with Crippen LogP contribution in [0.3, 0.4) is 0 Å². The molecule has 0 radical (unpaired) electrons. The number of aromatic nitrogens is 4. The van der Waals surface area contributed by atoms with Crippen molar-refractivity contribution in [1.82, 2.24) is 25.3 Å². The zero-order valence-corrected chi connectivity index (χ0v) is 21.9. The molecule has 2 heterocycles. The van der Waals surface area contributed by atoms with Crippen molar-refractivity contribution in [2.75, 3.05) is 7.11 Å². The van der Waals surface area contributed by atoms with Gasteiger partial charge in [-0.2, -0.15) is 18.2 Å². The van der Waals surface area contributed by atoms with Crippen LogP contribution < -0.4 is 15.7 Å². The number of amides is 1. The summed E-state index contributed by atoms with van der Waals surface area (Å²) in [5.74, 6) is -0.772. The van der Waals surface area contributed by atoms with Gasteiger partial charge in [0.25, 0.3) is 5.91 Å². The zero-order valence-electron chi connectivity index (χ0n) is 21.1. The summed E-state index contributed by atoms with van der Waals surface area (Å²) in [6.07, 6.45) is -1.59. The fourth-order valence-corrected chi connectivity index (χ4v) is 3.65. The van der Waals surface area contributed by atoms with E-state index in [1.165, 1.54) is 24.4 Å². The van der Waals surface area contributed by atoms with E-state index in [4.69, 9.17) is 16.3 Å². The molecule has 13 heteroatoms. The molecule has 0 saturated heterocycles. The van der Waals surface area contributed by atoms with Crippen LogP contribution in [-0.2, 0) is 16.1 Å². The summed E-state index contributed by atoms with van der Waals surface area (Å²) in [5.41, 5.74) is -2.57. The number of H-pyrrole nitrogens is 1. The largest absolute Gasteiger partial charge is 0.475 e. The van der Waals surface area contributed by atoms with Crippen LogP contribution in [0.4, 0.5) is 13.2 Å². The zero-order chi connectivity index (χ0) is 28.1. The number of halogens is 4. The molecule has 0 spiro atoms. The minimum Gasteiger partial charge on any atom is -0.475 e. The number of hydrogen-bond donors (Lipinski definition) is 2. The van der Waals surface area contributed by atoms with Gasteiger partial charge in [-0.3, -0.25) is 9.78 Å². The quantitative estimate of drug-likeness (QED) is 0.373. The smallest absolute Gasteiger partial charge is 0.426 e. The van der Waals surface area contributed by atoms with E-state index in [1.807, 2.05) is 6.92 Å². The number of carbonyl (C=O) groups is 1. The summed E-state index contributed by atoms with van der Waals surface area (Å²) in [4.78, 5) is 39.6. The Kier molecular flexibility index (Phi) is 9.10. The molecule has 1 aromatic carbocycles. The lowest BCUT2D eigenvalue weighted by molar-refractivity contribution is -0.253. The predicted molar refractivity (Wildman–Crippen MR) is 135 cm³/mol. The predicted octanol–water partition coefficient (Wildman–Crippen LogP) is 4.70. The molecule has 9 nitrogen and oxygen atoms in total. The maximum atomic E-state index is 13.3. The van der Waals surface area contributed by atoms with E-state index in [2.05, 4.69) is 36.9 Å². The number of aromatic amines is 1. The molecule has 2 N–H and O–H groups in total. The average molecular weight is 554 g/mol. The third-order valence-electron chi connectivity index (χ3n) is 5.78. The molecule has 2 atom stereocenters. The minimum absolute atomic E-state index is 0.00307. The van der Waals surface area contributed by atoms with Crippen molar-refractivity contribution in [3.8, 4) is 28.7 Å². The second kappa shape index (κ2) is 11.9. The first kappa shape index (κ1) is 29.1. The van der Waals surface area contributed by atoms with Crippen LogP contribution in [0.25, 0.3) is 22.8 Å². The normalized spacial score (nSPS) is 14.0. The minimum atomic E-state index is -4.92. The van der Waals surface area contributed by atoms with Crippen molar-refractivity contribution in [3.63, 3.8) is 0 Å². The van der Waals surface area contributed by atoms with Gasteiger partial charge in [0.15, 0.2) is 5.82 Å². The highest BCUT2D eigenvalue weighted by Crippen LogP contribution is 2.33. The molecule has 0 aliphatic rings. The Morgan fingerprint density at radius 1 is 1.21 bits per heavy atom. The number of rotatable bonds is 10. The average Bonchev–Trinajstić information content (AvgIpc) is 2.87. The highest BCUT2D eigenvalue weighted by Gasteiger charge is 2.57. The second-order valence-electron chi connectivity index (χ2n) is 8.66. The highest BCUT2D eigenvalue weighted by molar-refractivity contribution is 6.33. The summed E-state index contributed by atoms with van der Waals surface area (Å²) in [6, 6.07) is 7.80. The van der Waals surface area contributed by atoms with Crippen LogP contribution in [0.5, 0.6) is 5.88 Å². The Morgan fingerprint density at radius 2 is 1.95 bits per heavy atom. The van der Waals surface area contributed by atoms with E-state index < -0.39 is 23.4 Å². The Hall–Kier alpha value is -3.51. The lowest BCUT2D eigenvalue weighted by Gasteiger charge is -2.29. The van der Waals surface area contributed by atoms with Crippen LogP contribution in [0.1, 0.15) is 39.2 Å². The van der Waals surface area contributed by atoms with E-state index in [9.17, 15) is 22.8 Å². The SMILES string of the molecule is CCC[C@@H](C)Oc1ccc(-c2nc(-c3cc(CNC(=O)[C@@](C)(OC)C(F)(F)F)ccc3Cl)[nH]c(=O)n2)cn1. The summed E-state index contributed by atoms with van der Waals surface area (Å²) >= 11 is 6.33. The Balaban J connectivity index is 1.85. The van der Waals surface area contributed by atoms with Crippen LogP contribution in [0.2, 0.25) is 5.02 Å². The molecule has 1 amide bonds. The molecule has 3 aromatic rings. The Bertz CT molecular complexity index is 1330. The molecule has 0 saturated carbocycles. The van der Waals surface area contributed by atoms with Crippen LogP contribution in [-0.4, -0.2) is 50.8 Å². The summed E-state index contributed by atoms with van der Waals surface area (Å²) in [6.45, 7) is 4.38. The summed E-state index contributed by atoms with van der Waals surface area (Å²) < 4.78 is 50.0. The fraction of sp³-hybridized carbons (Fsp3) is 0.400. The maximum Gasteiger partial charge on any atom is 0.426 e. The number of nitrogens with zero attached hydrogens (tertiary/aromatic N) is 3. The van der Waals surface area contributed by atoms with E-state index in [0.29, 0.717) is 23.9 Å². The molecule has 0 unspecified atom stereocenters. The molecule has 0 aliphatic heterocycles. The van der Waals surface area contributed by atoms with E-state index in [1.54, 1.807) is 12.1 Å². The van der Waals surface area contributed by atoms with E-state index >= 15 is 0 Å². The van der Waals surface area contributed by atoms with Crippen LogP contribution in [0, 0.1) is 0 Å². The van der Waals surface area contributed by atoms with Gasteiger partial charge < -0.3 is 14.8 Å². The first-order valence-corrected chi connectivity index (χ1v) is 12.1. The number of carbonyl (C=O) groups excluding carboxylic acids is 1. The van der Waals surface area contributed by atoms with Crippen LogP contribution >= 0.6 is 11.6 Å². The summed E-state index contributed by atoms with van der Waals surface area (Å²) in [5, 5.41) is 2.43. The number of benzene rings is 1. The van der Waals surface area contributed by atoms with Gasteiger partial charge in [0, 0.05) is 37.0 Å². The molecule has 38 heavy (non-hydrogen) atoms. The third kappa shape index (κ3) is 6.67. The Labute approximate surface area is 221 Å². The molecule has 0 fully saturated rings. The number of ether oxygens (including phenoxy) is 2. The molecular weight excluding hydrogens is 527 g/mol. The number of alkyl halides is 3. The maximum absolute atomic E-state index is 13.3. The third-order valence-corrected chi connectivity index (χ3v) is 6.11. The highest BCUT2D eigenvalue weighted by atomic mass is 35.5. The molecular formula is C25H27ClF3N5O4. The van der Waals surface area contributed by atoms with Gasteiger partial charge in [-0.05, 0) is 44.0 Å². The standard InChI is InChI=1S/C25H27ClF3N5O4/c1-5-6-14(2)38-19-10-8-16(13-30-19)20-32-21(34-23(36)33-20)17-11-15(7-9-18(17)26)12-31-22(35)24(3,37-4)25(27,28)29/h7-11,13-14H,5-6,12H2,1-4H3,(H,31,35)(H,32,33,34,36)/t14-,24-/m1/s1. The first-order chi connectivity index (χ1) is 17.9. The van der Waals surface area contributed by atoms with Crippen molar-refractivity contribution in [2.24, 2.45) is 0 Å². The van der Waals surface area contributed by atoms with Crippen molar-refractivity contribution in [1.29, 1.82) is 0 Å². The van der Waals surface area contributed by atoms with Crippen molar-refractivity contribution >= 4 is 17.5 Å². The fourth-order valence-electron chi connectivity index (χ4n) is 3.45. The van der Waals surface area contributed by atoms with Crippen LogP contribution in [0.15, 0.2) is 41.3 Å². The Morgan fingerprint density at radius 3 is 2.55 bits per heavy atom. The summed E-state index contributed by atoms with van der Waals surface area (Å²) in [7, 11) is 0.805. The number of hydrogen-bond acceptors (Lipinski definition) is 7. The van der Waals surface area contributed by atoms with Gasteiger partial charge in [0.05, 0.1) is 11.1 Å². The van der Waals surface area contributed by atoms with Gasteiger partial charge >= 0.3 is 11.9 Å². The second-order valence-corrected chi connectivity index (χ2v) is 9.07. The first-order valence-electron chi connectivity index (χ1n) is 11.7. The van der Waals surface area contributed by atoms with Gasteiger partial charge in [-0.25, -0.2) is 14.8 Å². The van der Waals surface area contributed by atoms with Crippen molar-refractivity contribution < 1.29 is 27.4 Å². The molecule has 0 aliphatic carbocycles. The lowest BCUT2D eigenvalue weighted by Crippen LogP contribution is -2.55. The van der Waals surface area contributed by atoms with Gasteiger partial charge in [-0.1, -0.05) is 31.0 Å². The number of nitrogens with one attached hydrogen (secondary N) is 2. The van der Waals surface area contributed by atoms with Gasteiger partial charge in [0.2, 0.25) is 11.5 Å². The monoisotopic (exact) mass is 553 g/mol. The van der Waals surface area contributed by atoms with Gasteiger partial charge in [0.1, 0.15) is 5.82 Å². The van der Waals surface area contributed by atoms with E-state index in [-0.39, 0.29) is 34.9 Å².